The number of hydrogen-bond acceptors (Lipinski definition) is 3. The summed E-state index contributed by atoms with van der Waals surface area (Å²) >= 11 is 7.17. The Hall–Kier alpha value is -0.280. The van der Waals surface area contributed by atoms with Crippen molar-refractivity contribution in [1.82, 2.24) is 10.2 Å². The number of halogens is 2. The molecule has 0 aliphatic carbocycles. The Morgan fingerprint density at radius 2 is 2.23 bits per heavy atom. The van der Waals surface area contributed by atoms with Gasteiger partial charge in [0.1, 0.15) is 6.04 Å². The number of benzene rings is 1. The van der Waals surface area contributed by atoms with E-state index in [9.17, 15) is 9.59 Å². The van der Waals surface area contributed by atoms with Crippen molar-refractivity contribution in [1.29, 1.82) is 0 Å². The summed E-state index contributed by atoms with van der Waals surface area (Å²) < 4.78 is 1.76. The number of carbonyl (C=O) groups is 2. The number of amides is 2. The van der Waals surface area contributed by atoms with Crippen molar-refractivity contribution in [3.63, 3.8) is 0 Å². The molecule has 0 aromatic heterocycles. The van der Waals surface area contributed by atoms with Crippen LogP contribution in [0.2, 0.25) is 0 Å². The average Bonchev–Trinajstić information content (AvgIpc) is 2.96. The number of nitrogens with one attached hydrogen (secondary N) is 1. The fourth-order valence-electron chi connectivity index (χ4n) is 2.10. The maximum absolute atomic E-state index is 12.8. The molecular weight excluding hydrogens is 479 g/mol. The zero-order valence-electron chi connectivity index (χ0n) is 12.4. The normalized spacial score (nSPS) is 17.9. The van der Waals surface area contributed by atoms with Gasteiger partial charge < -0.3 is 10.2 Å². The van der Waals surface area contributed by atoms with Crippen molar-refractivity contribution in [2.24, 2.45) is 5.92 Å². The van der Waals surface area contributed by atoms with Gasteiger partial charge >= 0.3 is 0 Å². The third-order valence-corrected chi connectivity index (χ3v) is 5.74. The molecule has 0 radical (unpaired) electrons. The highest BCUT2D eigenvalue weighted by Gasteiger charge is 2.35. The lowest BCUT2D eigenvalue weighted by atomic mass is 10.1. The minimum Gasteiger partial charge on any atom is -0.354 e. The Morgan fingerprint density at radius 3 is 2.91 bits per heavy atom. The molecule has 1 unspecified atom stereocenters. The number of hydrogen-bond donors (Lipinski definition) is 1. The topological polar surface area (TPSA) is 49.4 Å². The summed E-state index contributed by atoms with van der Waals surface area (Å²) in [5.41, 5.74) is 0.638. The molecule has 1 aromatic rings. The summed E-state index contributed by atoms with van der Waals surface area (Å²) in [6.07, 6.45) is 0. The SMILES string of the molecule is CC(C)CNC(=O)C1CSCN1C(=O)c1cc(Br)ccc1I. The predicted octanol–water partition coefficient (Wildman–Crippen LogP) is 3.34. The van der Waals surface area contributed by atoms with Crippen LogP contribution < -0.4 is 5.32 Å². The summed E-state index contributed by atoms with van der Waals surface area (Å²) in [6, 6.07) is 5.24. The summed E-state index contributed by atoms with van der Waals surface area (Å²) in [4.78, 5) is 26.8. The van der Waals surface area contributed by atoms with E-state index in [0.717, 1.165) is 8.04 Å². The third kappa shape index (κ3) is 4.38. The van der Waals surface area contributed by atoms with Crippen molar-refractivity contribution >= 4 is 62.1 Å². The standard InChI is InChI=1S/C15H18BrIN2O2S/c1-9(2)6-18-14(20)13-7-22-8-19(13)15(21)11-5-10(16)3-4-12(11)17/h3-5,9,13H,6-8H2,1-2H3,(H,18,20). The van der Waals surface area contributed by atoms with Gasteiger partial charge in [-0.1, -0.05) is 29.8 Å². The molecule has 1 saturated heterocycles. The third-order valence-electron chi connectivity index (χ3n) is 3.29. The van der Waals surface area contributed by atoms with Crippen LogP contribution in [0.5, 0.6) is 0 Å². The first-order valence-electron chi connectivity index (χ1n) is 7.01. The monoisotopic (exact) mass is 496 g/mol. The maximum atomic E-state index is 12.8. The fraction of sp³-hybridized carbons (Fsp3) is 0.467. The number of thioether (sulfide) groups is 1. The van der Waals surface area contributed by atoms with E-state index in [1.165, 1.54) is 0 Å². The molecule has 0 bridgehead atoms. The highest BCUT2D eigenvalue weighted by atomic mass is 127. The first-order valence-corrected chi connectivity index (χ1v) is 10.0. The summed E-state index contributed by atoms with van der Waals surface area (Å²) in [7, 11) is 0. The highest BCUT2D eigenvalue weighted by molar-refractivity contribution is 14.1. The van der Waals surface area contributed by atoms with Crippen molar-refractivity contribution in [3.05, 3.63) is 31.8 Å². The molecule has 0 saturated carbocycles. The maximum Gasteiger partial charge on any atom is 0.256 e. The first-order chi connectivity index (χ1) is 10.4. The molecule has 2 amide bonds. The van der Waals surface area contributed by atoms with Crippen LogP contribution in [0, 0.1) is 9.49 Å². The smallest absolute Gasteiger partial charge is 0.256 e. The van der Waals surface area contributed by atoms with Crippen molar-refractivity contribution in [2.45, 2.75) is 19.9 Å². The largest absolute Gasteiger partial charge is 0.354 e. The van der Waals surface area contributed by atoms with E-state index in [-0.39, 0.29) is 17.9 Å². The van der Waals surface area contributed by atoms with Crippen molar-refractivity contribution in [3.8, 4) is 0 Å². The van der Waals surface area contributed by atoms with Crippen LogP contribution >= 0.6 is 50.3 Å². The lowest BCUT2D eigenvalue weighted by Crippen LogP contribution is -2.48. The zero-order valence-corrected chi connectivity index (χ0v) is 17.0. The average molecular weight is 497 g/mol. The van der Waals surface area contributed by atoms with Crippen LogP contribution in [0.3, 0.4) is 0 Å². The van der Waals surface area contributed by atoms with Gasteiger partial charge in [-0.25, -0.2) is 0 Å². The first kappa shape index (κ1) is 18.1. The molecule has 120 valence electrons. The van der Waals surface area contributed by atoms with Gasteiger partial charge in [0.25, 0.3) is 5.91 Å². The van der Waals surface area contributed by atoms with E-state index in [2.05, 4.69) is 57.7 Å². The molecule has 1 heterocycles. The van der Waals surface area contributed by atoms with Gasteiger partial charge in [-0.05, 0) is 46.7 Å². The lowest BCUT2D eigenvalue weighted by Gasteiger charge is -2.24. The molecule has 1 aliphatic rings. The molecule has 0 spiro atoms. The second-order valence-electron chi connectivity index (χ2n) is 5.55. The molecule has 4 nitrogen and oxygen atoms in total. The van der Waals surface area contributed by atoms with Gasteiger partial charge in [-0.2, -0.15) is 0 Å². The van der Waals surface area contributed by atoms with Gasteiger partial charge in [0.2, 0.25) is 5.91 Å². The van der Waals surface area contributed by atoms with E-state index >= 15 is 0 Å². The van der Waals surface area contributed by atoms with Crippen LogP contribution in [0.1, 0.15) is 24.2 Å². The molecule has 1 N–H and O–H groups in total. The Bertz CT molecular complexity index is 583. The molecule has 1 fully saturated rings. The molecule has 22 heavy (non-hydrogen) atoms. The Morgan fingerprint density at radius 1 is 1.50 bits per heavy atom. The second-order valence-corrected chi connectivity index (χ2v) is 8.63. The summed E-state index contributed by atoms with van der Waals surface area (Å²) in [5, 5.41) is 2.93. The zero-order chi connectivity index (χ0) is 16.3. The minimum absolute atomic E-state index is 0.0583. The van der Waals surface area contributed by atoms with Crippen LogP contribution in [-0.2, 0) is 4.79 Å². The number of nitrogens with zero attached hydrogens (tertiary/aromatic N) is 1. The predicted molar refractivity (Wildman–Crippen MR) is 102 cm³/mol. The molecule has 7 heteroatoms. The molecule has 2 rings (SSSR count). The molecule has 1 aromatic carbocycles. The highest BCUT2D eigenvalue weighted by Crippen LogP contribution is 2.26. The fourth-order valence-corrected chi connectivity index (χ4v) is 4.18. The van der Waals surface area contributed by atoms with Crippen LogP contribution in [0.25, 0.3) is 0 Å². The van der Waals surface area contributed by atoms with Crippen molar-refractivity contribution < 1.29 is 9.59 Å². The van der Waals surface area contributed by atoms with E-state index in [1.54, 1.807) is 16.7 Å². The summed E-state index contributed by atoms with van der Waals surface area (Å²) in [5.74, 6) is 1.46. The van der Waals surface area contributed by atoms with Crippen LogP contribution in [0.4, 0.5) is 0 Å². The number of carbonyl (C=O) groups excluding carboxylic acids is 2. The van der Waals surface area contributed by atoms with Gasteiger partial charge in [0.05, 0.1) is 11.4 Å². The minimum atomic E-state index is -0.383. The Kier molecular flexibility index (Phi) is 6.58. The quantitative estimate of drug-likeness (QED) is 0.650. The van der Waals surface area contributed by atoms with Gasteiger partial charge in [-0.15, -0.1) is 11.8 Å². The lowest BCUT2D eigenvalue weighted by molar-refractivity contribution is -0.124. The van der Waals surface area contributed by atoms with Crippen LogP contribution in [-0.4, -0.2) is 40.9 Å². The van der Waals surface area contributed by atoms with Gasteiger partial charge in [0.15, 0.2) is 0 Å². The molecular formula is C15H18BrIN2O2S. The molecule has 1 aliphatic heterocycles. The Labute approximate surface area is 157 Å². The Balaban J connectivity index is 2.14. The van der Waals surface area contributed by atoms with E-state index in [0.29, 0.717) is 29.7 Å². The number of rotatable bonds is 4. The van der Waals surface area contributed by atoms with Gasteiger partial charge in [0, 0.05) is 20.3 Å². The molecule has 1 atom stereocenters. The van der Waals surface area contributed by atoms with Gasteiger partial charge in [-0.3, -0.25) is 9.59 Å². The van der Waals surface area contributed by atoms with E-state index in [4.69, 9.17) is 0 Å². The summed E-state index contributed by atoms with van der Waals surface area (Å²) in [6.45, 7) is 4.74. The second kappa shape index (κ2) is 8.01. The van der Waals surface area contributed by atoms with E-state index in [1.807, 2.05) is 18.2 Å². The van der Waals surface area contributed by atoms with Crippen molar-refractivity contribution in [2.75, 3.05) is 18.2 Å². The van der Waals surface area contributed by atoms with E-state index < -0.39 is 0 Å². The van der Waals surface area contributed by atoms with Crippen LogP contribution in [0.15, 0.2) is 22.7 Å².